The molecule has 0 radical (unpaired) electrons. The van der Waals surface area contributed by atoms with E-state index >= 15 is 0 Å². The Morgan fingerprint density at radius 3 is 2.79 bits per heavy atom. The van der Waals surface area contributed by atoms with Crippen molar-refractivity contribution in [1.29, 1.82) is 0 Å². The fraction of sp³-hybridized carbons (Fsp3) is 0.562. The van der Waals surface area contributed by atoms with Gasteiger partial charge in [-0.15, -0.1) is 0 Å². The summed E-state index contributed by atoms with van der Waals surface area (Å²) in [4.78, 5) is 11.9. The zero-order chi connectivity index (χ0) is 13.7. The van der Waals surface area contributed by atoms with Crippen LogP contribution >= 0.6 is 0 Å². The molecule has 1 amide bonds. The third-order valence-corrected chi connectivity index (χ3v) is 4.01. The first kappa shape index (κ1) is 14.1. The number of nitrogens with one attached hydrogen (secondary N) is 2. The Morgan fingerprint density at radius 2 is 2.11 bits per heavy atom. The average molecular weight is 260 g/mol. The number of aryl methyl sites for hydroxylation is 1. The molecule has 1 aromatic rings. The predicted molar refractivity (Wildman–Crippen MR) is 78.0 cm³/mol. The van der Waals surface area contributed by atoms with Crippen molar-refractivity contribution < 1.29 is 4.79 Å². The van der Waals surface area contributed by atoms with Gasteiger partial charge in [-0.3, -0.25) is 4.79 Å². The number of rotatable bonds is 4. The SMILES string of the molecule is Cc1ccc(CC(=O)NCC2CCNCC2C)cc1. The van der Waals surface area contributed by atoms with Gasteiger partial charge in [0, 0.05) is 6.54 Å². The molecule has 0 bridgehead atoms. The van der Waals surface area contributed by atoms with Gasteiger partial charge in [-0.05, 0) is 43.8 Å². The van der Waals surface area contributed by atoms with Gasteiger partial charge in [-0.1, -0.05) is 36.8 Å². The summed E-state index contributed by atoms with van der Waals surface area (Å²) in [5.41, 5.74) is 2.31. The second-order valence-corrected chi connectivity index (χ2v) is 5.70. The maximum atomic E-state index is 11.9. The topological polar surface area (TPSA) is 41.1 Å². The van der Waals surface area contributed by atoms with Crippen molar-refractivity contribution in [3.05, 3.63) is 35.4 Å². The van der Waals surface area contributed by atoms with Crippen molar-refractivity contribution in [3.63, 3.8) is 0 Å². The van der Waals surface area contributed by atoms with Gasteiger partial charge in [0.1, 0.15) is 0 Å². The lowest BCUT2D eigenvalue weighted by Crippen LogP contribution is -2.41. The molecule has 0 saturated carbocycles. The molecular formula is C16H24N2O. The average Bonchev–Trinajstić information content (AvgIpc) is 2.40. The zero-order valence-electron chi connectivity index (χ0n) is 11.9. The quantitative estimate of drug-likeness (QED) is 0.868. The summed E-state index contributed by atoms with van der Waals surface area (Å²) < 4.78 is 0. The molecular weight excluding hydrogens is 236 g/mol. The van der Waals surface area contributed by atoms with Gasteiger partial charge in [-0.2, -0.15) is 0 Å². The summed E-state index contributed by atoms with van der Waals surface area (Å²) in [7, 11) is 0. The van der Waals surface area contributed by atoms with Crippen molar-refractivity contribution >= 4 is 5.91 Å². The molecule has 1 fully saturated rings. The highest BCUT2D eigenvalue weighted by molar-refractivity contribution is 5.78. The van der Waals surface area contributed by atoms with Crippen molar-refractivity contribution in [2.45, 2.75) is 26.7 Å². The molecule has 1 saturated heterocycles. The maximum Gasteiger partial charge on any atom is 0.224 e. The predicted octanol–water partition coefficient (Wildman–Crippen LogP) is 1.90. The van der Waals surface area contributed by atoms with Crippen LogP contribution in [0.3, 0.4) is 0 Å². The van der Waals surface area contributed by atoms with E-state index in [1.54, 1.807) is 0 Å². The Morgan fingerprint density at radius 1 is 1.37 bits per heavy atom. The minimum Gasteiger partial charge on any atom is -0.356 e. The molecule has 2 atom stereocenters. The molecule has 1 aromatic carbocycles. The summed E-state index contributed by atoms with van der Waals surface area (Å²) >= 11 is 0. The monoisotopic (exact) mass is 260 g/mol. The van der Waals surface area contributed by atoms with Gasteiger partial charge in [0.05, 0.1) is 6.42 Å². The number of amides is 1. The number of hydrogen-bond donors (Lipinski definition) is 2. The van der Waals surface area contributed by atoms with Crippen molar-refractivity contribution in [2.24, 2.45) is 11.8 Å². The molecule has 2 unspecified atom stereocenters. The van der Waals surface area contributed by atoms with Crippen LogP contribution in [-0.2, 0) is 11.2 Å². The minimum atomic E-state index is 0.134. The number of piperidine rings is 1. The normalized spacial score (nSPS) is 23.1. The van der Waals surface area contributed by atoms with E-state index < -0.39 is 0 Å². The van der Waals surface area contributed by atoms with Crippen LogP contribution in [0.25, 0.3) is 0 Å². The van der Waals surface area contributed by atoms with Crippen LogP contribution in [0.4, 0.5) is 0 Å². The lowest BCUT2D eigenvalue weighted by Gasteiger charge is -2.29. The largest absolute Gasteiger partial charge is 0.356 e. The number of hydrogen-bond acceptors (Lipinski definition) is 2. The first-order valence-corrected chi connectivity index (χ1v) is 7.18. The Hall–Kier alpha value is -1.35. The summed E-state index contributed by atoms with van der Waals surface area (Å²) in [5.74, 6) is 1.39. The van der Waals surface area contributed by atoms with E-state index in [2.05, 4.69) is 36.6 Å². The molecule has 1 aliphatic rings. The second kappa shape index (κ2) is 6.71. The Labute approximate surface area is 115 Å². The molecule has 3 nitrogen and oxygen atoms in total. The Kier molecular flexibility index (Phi) is 4.97. The molecule has 104 valence electrons. The second-order valence-electron chi connectivity index (χ2n) is 5.70. The van der Waals surface area contributed by atoms with E-state index in [1.807, 2.05) is 12.1 Å². The van der Waals surface area contributed by atoms with Gasteiger partial charge < -0.3 is 10.6 Å². The summed E-state index contributed by atoms with van der Waals surface area (Å²) in [6, 6.07) is 8.17. The van der Waals surface area contributed by atoms with Gasteiger partial charge in [0.15, 0.2) is 0 Å². The molecule has 1 heterocycles. The van der Waals surface area contributed by atoms with Crippen LogP contribution in [0.15, 0.2) is 24.3 Å². The number of benzene rings is 1. The maximum absolute atomic E-state index is 11.9. The van der Waals surface area contributed by atoms with Crippen LogP contribution in [0.5, 0.6) is 0 Å². The van der Waals surface area contributed by atoms with Gasteiger partial charge in [-0.25, -0.2) is 0 Å². The van der Waals surface area contributed by atoms with Crippen LogP contribution in [-0.4, -0.2) is 25.5 Å². The highest BCUT2D eigenvalue weighted by atomic mass is 16.1. The highest BCUT2D eigenvalue weighted by Crippen LogP contribution is 2.17. The molecule has 2 N–H and O–H groups in total. The summed E-state index contributed by atoms with van der Waals surface area (Å²) in [6.07, 6.45) is 1.64. The van der Waals surface area contributed by atoms with Crippen LogP contribution in [0, 0.1) is 18.8 Å². The lowest BCUT2D eigenvalue weighted by molar-refractivity contribution is -0.120. The fourth-order valence-corrected chi connectivity index (χ4v) is 2.57. The van der Waals surface area contributed by atoms with E-state index in [-0.39, 0.29) is 5.91 Å². The highest BCUT2D eigenvalue weighted by Gasteiger charge is 2.21. The first-order chi connectivity index (χ1) is 9.15. The molecule has 0 aliphatic carbocycles. The molecule has 0 aromatic heterocycles. The van der Waals surface area contributed by atoms with E-state index in [4.69, 9.17) is 0 Å². The van der Waals surface area contributed by atoms with Gasteiger partial charge >= 0.3 is 0 Å². The standard InChI is InChI=1S/C16H24N2O/c1-12-3-5-14(6-4-12)9-16(19)18-11-15-7-8-17-10-13(15)2/h3-6,13,15,17H,7-11H2,1-2H3,(H,18,19). The number of carbonyl (C=O) groups excluding carboxylic acids is 1. The van der Waals surface area contributed by atoms with Gasteiger partial charge in [0.25, 0.3) is 0 Å². The summed E-state index contributed by atoms with van der Waals surface area (Å²) in [6.45, 7) is 7.26. The Bertz CT molecular complexity index is 413. The van der Waals surface area contributed by atoms with Crippen molar-refractivity contribution in [2.75, 3.05) is 19.6 Å². The number of carbonyl (C=O) groups is 1. The van der Waals surface area contributed by atoms with Crippen molar-refractivity contribution in [3.8, 4) is 0 Å². The lowest BCUT2D eigenvalue weighted by atomic mass is 9.88. The smallest absolute Gasteiger partial charge is 0.224 e. The molecule has 19 heavy (non-hydrogen) atoms. The third kappa shape index (κ3) is 4.35. The molecule has 0 spiro atoms. The van der Waals surface area contributed by atoms with Crippen molar-refractivity contribution in [1.82, 2.24) is 10.6 Å². The molecule has 3 heteroatoms. The van der Waals surface area contributed by atoms with E-state index in [1.165, 1.54) is 5.56 Å². The molecule has 2 rings (SSSR count). The fourth-order valence-electron chi connectivity index (χ4n) is 2.57. The van der Waals surface area contributed by atoms with E-state index in [0.29, 0.717) is 18.3 Å². The van der Waals surface area contributed by atoms with E-state index in [0.717, 1.165) is 31.6 Å². The molecule has 1 aliphatic heterocycles. The third-order valence-electron chi connectivity index (χ3n) is 4.01. The van der Waals surface area contributed by atoms with Crippen LogP contribution in [0.1, 0.15) is 24.5 Å². The van der Waals surface area contributed by atoms with E-state index in [9.17, 15) is 4.79 Å². The zero-order valence-corrected chi connectivity index (χ0v) is 11.9. The van der Waals surface area contributed by atoms with Crippen LogP contribution in [0.2, 0.25) is 0 Å². The minimum absolute atomic E-state index is 0.134. The van der Waals surface area contributed by atoms with Crippen LogP contribution < -0.4 is 10.6 Å². The Balaban J connectivity index is 1.76. The first-order valence-electron chi connectivity index (χ1n) is 7.18. The summed E-state index contributed by atoms with van der Waals surface area (Å²) in [5, 5.41) is 6.46. The van der Waals surface area contributed by atoms with Gasteiger partial charge in [0.2, 0.25) is 5.91 Å².